The molecule has 0 radical (unpaired) electrons. The largest absolute Gasteiger partial charge is 0.324 e. The third kappa shape index (κ3) is 1.81. The van der Waals surface area contributed by atoms with Gasteiger partial charge in [0.1, 0.15) is 22.5 Å². The maximum absolute atomic E-state index is 13.3. The number of fused-ring (bicyclic) bond motifs is 2. The summed E-state index contributed by atoms with van der Waals surface area (Å²) in [5, 5.41) is 0. The lowest BCUT2D eigenvalue weighted by molar-refractivity contribution is 0.626. The quantitative estimate of drug-likeness (QED) is 0.671. The molecule has 0 bridgehead atoms. The van der Waals surface area contributed by atoms with Crippen LogP contribution in [0.1, 0.15) is 5.56 Å². The number of thiazole rings is 1. The lowest BCUT2D eigenvalue weighted by Crippen LogP contribution is -2.15. The van der Waals surface area contributed by atoms with Crippen molar-refractivity contribution in [3.8, 4) is 0 Å². The van der Waals surface area contributed by atoms with Crippen molar-refractivity contribution in [3.05, 3.63) is 39.8 Å². The average molecular weight is 351 g/mol. The first-order valence-corrected chi connectivity index (χ1v) is 7.66. The predicted octanol–water partition coefficient (Wildman–Crippen LogP) is 3.68. The maximum atomic E-state index is 13.3. The average Bonchev–Trinajstić information content (AvgIpc) is 2.99. The molecule has 1 aromatic carbocycles. The van der Waals surface area contributed by atoms with Crippen LogP contribution in [-0.4, -0.2) is 21.5 Å². The van der Waals surface area contributed by atoms with Crippen LogP contribution in [0, 0.1) is 5.82 Å². The van der Waals surface area contributed by atoms with Crippen molar-refractivity contribution in [2.75, 3.05) is 11.4 Å². The molecule has 7 heteroatoms. The molecular formula is C13H8BrFN4S. The molecule has 0 N–H and O–H groups in total. The van der Waals surface area contributed by atoms with Crippen LogP contribution in [0.4, 0.5) is 15.9 Å². The van der Waals surface area contributed by atoms with Crippen molar-refractivity contribution in [2.24, 2.45) is 0 Å². The molecule has 0 saturated heterocycles. The molecule has 4 nitrogen and oxygen atoms in total. The van der Waals surface area contributed by atoms with Gasteiger partial charge in [-0.1, -0.05) is 11.3 Å². The number of aromatic nitrogens is 3. The van der Waals surface area contributed by atoms with Gasteiger partial charge in [-0.05, 0) is 46.1 Å². The number of anilines is 2. The highest BCUT2D eigenvalue weighted by Crippen LogP contribution is 2.38. The minimum absolute atomic E-state index is 0.199. The van der Waals surface area contributed by atoms with Crippen LogP contribution in [-0.2, 0) is 6.42 Å². The molecule has 2 aromatic heterocycles. The zero-order chi connectivity index (χ0) is 13.7. The standard InChI is InChI=1S/C13H8BrFN4S/c14-13-18-10-11(16-6-17-12(10)20-13)19-4-3-7-5-8(15)1-2-9(7)19/h1-2,5-6H,3-4H2. The van der Waals surface area contributed by atoms with E-state index >= 15 is 0 Å². The van der Waals surface area contributed by atoms with Crippen LogP contribution in [0.5, 0.6) is 0 Å². The van der Waals surface area contributed by atoms with Crippen molar-refractivity contribution < 1.29 is 4.39 Å². The van der Waals surface area contributed by atoms with Gasteiger partial charge < -0.3 is 4.90 Å². The van der Waals surface area contributed by atoms with Gasteiger partial charge in [0.2, 0.25) is 0 Å². The van der Waals surface area contributed by atoms with E-state index in [1.807, 2.05) is 0 Å². The molecule has 0 spiro atoms. The Kier molecular flexibility index (Phi) is 2.71. The van der Waals surface area contributed by atoms with Gasteiger partial charge >= 0.3 is 0 Å². The number of rotatable bonds is 1. The third-order valence-corrected chi connectivity index (χ3v) is 4.76. The molecule has 20 heavy (non-hydrogen) atoms. The van der Waals surface area contributed by atoms with E-state index in [4.69, 9.17) is 0 Å². The smallest absolute Gasteiger partial charge is 0.164 e. The first-order chi connectivity index (χ1) is 9.72. The summed E-state index contributed by atoms with van der Waals surface area (Å²) >= 11 is 4.86. The van der Waals surface area contributed by atoms with E-state index in [2.05, 4.69) is 35.8 Å². The van der Waals surface area contributed by atoms with Gasteiger partial charge in [0.05, 0.1) is 0 Å². The fourth-order valence-corrected chi connectivity index (χ4v) is 3.77. The molecule has 0 saturated carbocycles. The minimum Gasteiger partial charge on any atom is -0.324 e. The number of hydrogen-bond donors (Lipinski definition) is 0. The maximum Gasteiger partial charge on any atom is 0.164 e. The van der Waals surface area contributed by atoms with E-state index in [9.17, 15) is 4.39 Å². The molecule has 100 valence electrons. The molecule has 3 heterocycles. The highest BCUT2D eigenvalue weighted by molar-refractivity contribution is 9.11. The molecule has 3 aromatic rings. The summed E-state index contributed by atoms with van der Waals surface area (Å²) in [6.07, 6.45) is 2.35. The molecular weight excluding hydrogens is 343 g/mol. The van der Waals surface area contributed by atoms with Crippen molar-refractivity contribution in [1.82, 2.24) is 15.0 Å². The molecule has 0 aliphatic carbocycles. The minimum atomic E-state index is -0.199. The Morgan fingerprint density at radius 1 is 1.30 bits per heavy atom. The molecule has 1 aliphatic heterocycles. The van der Waals surface area contributed by atoms with Crippen LogP contribution in [0.15, 0.2) is 28.4 Å². The second-order valence-corrected chi connectivity index (χ2v) is 6.75. The van der Waals surface area contributed by atoms with Crippen LogP contribution >= 0.6 is 27.3 Å². The molecule has 0 unspecified atom stereocenters. The monoisotopic (exact) mass is 350 g/mol. The van der Waals surface area contributed by atoms with Gasteiger partial charge in [-0.15, -0.1) is 0 Å². The molecule has 0 fully saturated rings. The Bertz CT molecular complexity index is 819. The van der Waals surface area contributed by atoms with E-state index in [0.717, 1.165) is 44.3 Å². The van der Waals surface area contributed by atoms with E-state index in [1.54, 1.807) is 18.5 Å². The summed E-state index contributed by atoms with van der Waals surface area (Å²) in [6, 6.07) is 4.87. The van der Waals surface area contributed by atoms with Gasteiger partial charge in [-0.25, -0.2) is 19.3 Å². The number of halogens is 2. The summed E-state index contributed by atoms with van der Waals surface area (Å²) in [5.41, 5.74) is 2.78. The molecule has 0 atom stereocenters. The summed E-state index contributed by atoms with van der Waals surface area (Å²) in [6.45, 7) is 0.778. The van der Waals surface area contributed by atoms with Crippen molar-refractivity contribution in [2.45, 2.75) is 6.42 Å². The fraction of sp³-hybridized carbons (Fsp3) is 0.154. The number of hydrogen-bond acceptors (Lipinski definition) is 5. The van der Waals surface area contributed by atoms with E-state index in [-0.39, 0.29) is 5.82 Å². The van der Waals surface area contributed by atoms with Crippen molar-refractivity contribution in [3.63, 3.8) is 0 Å². The van der Waals surface area contributed by atoms with E-state index in [1.165, 1.54) is 17.4 Å². The summed E-state index contributed by atoms with van der Waals surface area (Å²) in [5.74, 6) is 0.581. The Morgan fingerprint density at radius 2 is 2.20 bits per heavy atom. The van der Waals surface area contributed by atoms with E-state index < -0.39 is 0 Å². The fourth-order valence-electron chi connectivity index (χ4n) is 2.50. The Morgan fingerprint density at radius 3 is 3.10 bits per heavy atom. The Balaban J connectivity index is 1.90. The van der Waals surface area contributed by atoms with Crippen molar-refractivity contribution in [1.29, 1.82) is 0 Å². The molecule has 4 rings (SSSR count). The van der Waals surface area contributed by atoms with Gasteiger partial charge in [0.15, 0.2) is 9.73 Å². The van der Waals surface area contributed by atoms with Crippen LogP contribution < -0.4 is 4.90 Å². The highest BCUT2D eigenvalue weighted by atomic mass is 79.9. The Labute approximate surface area is 126 Å². The first kappa shape index (κ1) is 12.2. The third-order valence-electron chi connectivity index (χ3n) is 3.34. The van der Waals surface area contributed by atoms with Gasteiger partial charge in [-0.3, -0.25) is 0 Å². The second kappa shape index (κ2) is 4.46. The van der Waals surface area contributed by atoms with Crippen LogP contribution in [0.25, 0.3) is 10.3 Å². The van der Waals surface area contributed by atoms with Crippen LogP contribution in [0.3, 0.4) is 0 Å². The van der Waals surface area contributed by atoms with E-state index in [0.29, 0.717) is 0 Å². The summed E-state index contributed by atoms with van der Waals surface area (Å²) in [7, 11) is 0. The number of benzene rings is 1. The second-order valence-electron chi connectivity index (χ2n) is 4.49. The summed E-state index contributed by atoms with van der Waals surface area (Å²) in [4.78, 5) is 16.0. The Hall–Kier alpha value is -1.60. The normalized spacial score (nSPS) is 14.0. The SMILES string of the molecule is Fc1ccc2c(c1)CCN2c1ncnc2sc(Br)nc12. The zero-order valence-electron chi connectivity index (χ0n) is 10.2. The number of nitrogens with zero attached hydrogens (tertiary/aromatic N) is 4. The van der Waals surface area contributed by atoms with Crippen molar-refractivity contribution >= 4 is 49.1 Å². The molecule has 1 aliphatic rings. The van der Waals surface area contributed by atoms with Gasteiger partial charge in [0, 0.05) is 12.2 Å². The highest BCUT2D eigenvalue weighted by Gasteiger charge is 2.24. The first-order valence-electron chi connectivity index (χ1n) is 6.05. The lowest BCUT2D eigenvalue weighted by Gasteiger charge is -2.18. The lowest BCUT2D eigenvalue weighted by atomic mass is 10.2. The topological polar surface area (TPSA) is 41.9 Å². The van der Waals surface area contributed by atoms with Gasteiger partial charge in [0.25, 0.3) is 0 Å². The van der Waals surface area contributed by atoms with Gasteiger partial charge in [-0.2, -0.15) is 0 Å². The molecule has 0 amide bonds. The summed E-state index contributed by atoms with van der Waals surface area (Å²) < 4.78 is 14.1. The van der Waals surface area contributed by atoms with Crippen LogP contribution in [0.2, 0.25) is 0 Å². The predicted molar refractivity (Wildman–Crippen MR) is 80.0 cm³/mol. The zero-order valence-corrected chi connectivity index (χ0v) is 12.6.